The minimum atomic E-state index is 0.224. The maximum Gasteiger partial charge on any atom is 0.124 e. The molecule has 4 aromatic rings. The summed E-state index contributed by atoms with van der Waals surface area (Å²) in [5.74, 6) is 1.92. The van der Waals surface area contributed by atoms with E-state index in [-0.39, 0.29) is 5.92 Å². The van der Waals surface area contributed by atoms with Crippen molar-refractivity contribution in [2.75, 3.05) is 6.54 Å². The smallest absolute Gasteiger partial charge is 0.124 e. The Morgan fingerprint density at radius 3 is 2.90 bits per heavy atom. The quantitative estimate of drug-likeness (QED) is 0.569. The van der Waals surface area contributed by atoms with Crippen molar-refractivity contribution in [3.63, 3.8) is 0 Å². The number of imidazole rings is 2. The third-order valence-electron chi connectivity index (χ3n) is 5.68. The molecule has 1 aliphatic rings. The van der Waals surface area contributed by atoms with Gasteiger partial charge in [0.05, 0.1) is 41.5 Å². The summed E-state index contributed by atoms with van der Waals surface area (Å²) in [4.78, 5) is 15.4. The second-order valence-electron chi connectivity index (χ2n) is 8.46. The largest absolute Gasteiger partial charge is 0.347 e. The first-order valence-electron chi connectivity index (χ1n) is 10.3. The SMILES string of the molecule is CC(C)Cn1c(CN2Cc3[nH]cnc3C(c3cnn(C)c3)C2)nc2ccccc21. The molecule has 1 aliphatic heterocycles. The van der Waals surface area contributed by atoms with Gasteiger partial charge in [-0.1, -0.05) is 26.0 Å². The molecule has 7 nitrogen and oxygen atoms in total. The molecule has 0 radical (unpaired) electrons. The summed E-state index contributed by atoms with van der Waals surface area (Å²) in [6.07, 6.45) is 5.87. The molecule has 1 aromatic carbocycles. The predicted octanol–water partition coefficient (Wildman–Crippen LogP) is 3.30. The molecule has 0 aliphatic carbocycles. The summed E-state index contributed by atoms with van der Waals surface area (Å²) in [5.41, 5.74) is 5.84. The lowest BCUT2D eigenvalue weighted by Gasteiger charge is -2.31. The van der Waals surface area contributed by atoms with E-state index in [1.54, 1.807) is 0 Å². The lowest BCUT2D eigenvalue weighted by molar-refractivity contribution is 0.219. The molecular weight excluding hydrogens is 362 g/mol. The molecule has 0 spiro atoms. The second kappa shape index (κ2) is 7.15. The van der Waals surface area contributed by atoms with Crippen LogP contribution < -0.4 is 0 Å². The minimum Gasteiger partial charge on any atom is -0.347 e. The number of hydrogen-bond donors (Lipinski definition) is 1. The third-order valence-corrected chi connectivity index (χ3v) is 5.68. The van der Waals surface area contributed by atoms with E-state index in [0.717, 1.165) is 43.2 Å². The van der Waals surface area contributed by atoms with Crippen LogP contribution in [0.15, 0.2) is 43.0 Å². The first-order chi connectivity index (χ1) is 14.1. The van der Waals surface area contributed by atoms with Crippen molar-refractivity contribution in [3.05, 3.63) is 65.8 Å². The fourth-order valence-corrected chi connectivity index (χ4v) is 4.41. The summed E-state index contributed by atoms with van der Waals surface area (Å²) in [7, 11) is 1.96. The molecule has 4 heterocycles. The highest BCUT2D eigenvalue weighted by Gasteiger charge is 2.30. The van der Waals surface area contributed by atoms with Crippen molar-refractivity contribution in [3.8, 4) is 0 Å². The molecular formula is C22H27N7. The first kappa shape index (κ1) is 18.1. The van der Waals surface area contributed by atoms with Crippen LogP contribution in [0.3, 0.4) is 0 Å². The Morgan fingerprint density at radius 1 is 1.24 bits per heavy atom. The number of hydrogen-bond acceptors (Lipinski definition) is 4. The summed E-state index contributed by atoms with van der Waals surface area (Å²) in [6.45, 7) is 8.08. The van der Waals surface area contributed by atoms with Gasteiger partial charge in [0.15, 0.2) is 0 Å². The monoisotopic (exact) mass is 389 g/mol. The van der Waals surface area contributed by atoms with Crippen LogP contribution in [0, 0.1) is 5.92 Å². The Hall–Kier alpha value is -2.93. The fourth-order valence-electron chi connectivity index (χ4n) is 4.41. The topological polar surface area (TPSA) is 67.6 Å². The highest BCUT2D eigenvalue weighted by Crippen LogP contribution is 2.32. The standard InChI is InChI=1S/C22H27N7/c1-15(2)9-29-20-7-5-4-6-18(20)26-21(29)13-28-11-17(16-8-25-27(3)10-16)22-19(12-28)23-14-24-22/h4-8,10,14-15,17H,9,11-13H2,1-3H3,(H,23,24). The van der Waals surface area contributed by atoms with Crippen LogP contribution in [0.4, 0.5) is 0 Å². The zero-order valence-electron chi connectivity index (χ0n) is 17.2. The number of aromatic amines is 1. The Morgan fingerprint density at radius 2 is 2.10 bits per heavy atom. The maximum atomic E-state index is 4.98. The number of aryl methyl sites for hydroxylation is 1. The molecule has 1 N–H and O–H groups in total. The average Bonchev–Trinajstić information content (AvgIpc) is 3.41. The van der Waals surface area contributed by atoms with E-state index in [2.05, 4.69) is 68.8 Å². The van der Waals surface area contributed by atoms with Gasteiger partial charge in [-0.15, -0.1) is 0 Å². The molecule has 0 saturated heterocycles. The highest BCUT2D eigenvalue weighted by atomic mass is 15.2. The van der Waals surface area contributed by atoms with E-state index in [9.17, 15) is 0 Å². The van der Waals surface area contributed by atoms with Gasteiger partial charge in [0.25, 0.3) is 0 Å². The van der Waals surface area contributed by atoms with Gasteiger partial charge in [0.1, 0.15) is 5.82 Å². The Labute approximate surface area is 170 Å². The zero-order valence-corrected chi connectivity index (χ0v) is 17.2. The molecule has 0 bridgehead atoms. The second-order valence-corrected chi connectivity index (χ2v) is 8.46. The van der Waals surface area contributed by atoms with Gasteiger partial charge >= 0.3 is 0 Å². The van der Waals surface area contributed by atoms with E-state index in [1.165, 1.54) is 16.8 Å². The van der Waals surface area contributed by atoms with Crippen molar-refractivity contribution in [1.82, 2.24) is 34.2 Å². The molecule has 7 heteroatoms. The molecule has 29 heavy (non-hydrogen) atoms. The molecule has 0 amide bonds. The Bertz CT molecular complexity index is 1130. The van der Waals surface area contributed by atoms with Crippen molar-refractivity contribution in [1.29, 1.82) is 0 Å². The first-order valence-corrected chi connectivity index (χ1v) is 10.3. The van der Waals surface area contributed by atoms with E-state index in [0.29, 0.717) is 5.92 Å². The van der Waals surface area contributed by atoms with Crippen molar-refractivity contribution in [2.24, 2.45) is 13.0 Å². The lowest BCUT2D eigenvalue weighted by Crippen LogP contribution is -2.34. The van der Waals surface area contributed by atoms with Crippen molar-refractivity contribution in [2.45, 2.75) is 39.4 Å². The molecule has 3 aromatic heterocycles. The van der Waals surface area contributed by atoms with E-state index >= 15 is 0 Å². The molecule has 0 fully saturated rings. The predicted molar refractivity (Wildman–Crippen MR) is 112 cm³/mol. The lowest BCUT2D eigenvalue weighted by atomic mass is 9.93. The normalized spacial score (nSPS) is 17.3. The van der Waals surface area contributed by atoms with Gasteiger partial charge in [-0.2, -0.15) is 5.10 Å². The minimum absolute atomic E-state index is 0.224. The zero-order chi connectivity index (χ0) is 20.0. The number of para-hydroxylation sites is 2. The number of benzene rings is 1. The number of aromatic nitrogens is 6. The van der Waals surface area contributed by atoms with E-state index in [1.807, 2.05) is 24.3 Å². The molecule has 1 unspecified atom stereocenters. The summed E-state index contributed by atoms with van der Waals surface area (Å²) in [6, 6.07) is 8.45. The molecule has 5 rings (SSSR count). The number of nitrogens with one attached hydrogen (secondary N) is 1. The van der Waals surface area contributed by atoms with Crippen molar-refractivity contribution >= 4 is 11.0 Å². The van der Waals surface area contributed by atoms with Gasteiger partial charge in [-0.05, 0) is 18.1 Å². The van der Waals surface area contributed by atoms with Crippen LogP contribution in [0.5, 0.6) is 0 Å². The summed E-state index contributed by atoms with van der Waals surface area (Å²) >= 11 is 0. The fraction of sp³-hybridized carbons (Fsp3) is 0.409. The van der Waals surface area contributed by atoms with Gasteiger partial charge in [0.2, 0.25) is 0 Å². The summed E-state index contributed by atoms with van der Waals surface area (Å²) < 4.78 is 4.25. The van der Waals surface area contributed by atoms with Gasteiger partial charge in [-0.3, -0.25) is 9.58 Å². The molecule has 0 saturated carbocycles. The number of rotatable bonds is 5. The van der Waals surface area contributed by atoms with Crippen LogP contribution in [0.2, 0.25) is 0 Å². The van der Waals surface area contributed by atoms with Crippen LogP contribution >= 0.6 is 0 Å². The Kier molecular flexibility index (Phi) is 4.47. The molecule has 150 valence electrons. The maximum absolute atomic E-state index is 4.98. The Balaban J connectivity index is 1.48. The van der Waals surface area contributed by atoms with E-state index in [4.69, 9.17) is 4.98 Å². The number of H-pyrrole nitrogens is 1. The average molecular weight is 390 g/mol. The number of nitrogens with zero attached hydrogens (tertiary/aromatic N) is 6. The summed E-state index contributed by atoms with van der Waals surface area (Å²) in [5, 5.41) is 4.38. The van der Waals surface area contributed by atoms with Crippen LogP contribution in [0.25, 0.3) is 11.0 Å². The third kappa shape index (κ3) is 3.35. The van der Waals surface area contributed by atoms with Gasteiger partial charge in [0, 0.05) is 44.4 Å². The van der Waals surface area contributed by atoms with Crippen LogP contribution in [-0.2, 0) is 26.7 Å². The van der Waals surface area contributed by atoms with Crippen molar-refractivity contribution < 1.29 is 0 Å². The number of fused-ring (bicyclic) bond motifs is 2. The molecule has 1 atom stereocenters. The van der Waals surface area contributed by atoms with Crippen LogP contribution in [0.1, 0.15) is 42.5 Å². The highest BCUT2D eigenvalue weighted by molar-refractivity contribution is 5.75. The van der Waals surface area contributed by atoms with Gasteiger partial charge < -0.3 is 9.55 Å². The van der Waals surface area contributed by atoms with Crippen LogP contribution in [-0.4, -0.2) is 40.7 Å². The van der Waals surface area contributed by atoms with Gasteiger partial charge in [-0.25, -0.2) is 9.97 Å². The van der Waals surface area contributed by atoms with E-state index < -0.39 is 0 Å².